The average molecular weight is 243 g/mol. The molecule has 1 aromatic carbocycles. The van der Waals surface area contributed by atoms with Crippen LogP contribution >= 0.6 is 0 Å². The average Bonchev–Trinajstić information content (AvgIpc) is 2.22. The zero-order valence-electron chi connectivity index (χ0n) is 9.04. The van der Waals surface area contributed by atoms with Gasteiger partial charge in [0.1, 0.15) is 11.6 Å². The number of carboxylic acids is 1. The van der Waals surface area contributed by atoms with Crippen LogP contribution in [0, 0.1) is 17.6 Å². The number of nitrogens with one attached hydrogen (secondary N) is 1. The van der Waals surface area contributed by atoms with E-state index in [1.807, 2.05) is 0 Å². The SMILES string of the molecule is CC(CC(=O)O)C(=O)Nc1cc(F)ccc1F. The van der Waals surface area contributed by atoms with Crippen molar-refractivity contribution < 1.29 is 23.5 Å². The Balaban J connectivity index is 2.73. The van der Waals surface area contributed by atoms with Crippen molar-refractivity contribution in [1.29, 1.82) is 0 Å². The van der Waals surface area contributed by atoms with E-state index in [1.54, 1.807) is 0 Å². The fourth-order valence-corrected chi connectivity index (χ4v) is 1.20. The highest BCUT2D eigenvalue weighted by Crippen LogP contribution is 2.16. The minimum atomic E-state index is -1.13. The highest BCUT2D eigenvalue weighted by molar-refractivity contribution is 5.94. The first-order valence-corrected chi connectivity index (χ1v) is 4.88. The van der Waals surface area contributed by atoms with Gasteiger partial charge in [0.15, 0.2) is 0 Å². The normalized spacial score (nSPS) is 11.9. The molecule has 1 rings (SSSR count). The molecular formula is C11H11F2NO3. The van der Waals surface area contributed by atoms with Crippen LogP contribution in [-0.2, 0) is 9.59 Å². The molecule has 1 aromatic rings. The van der Waals surface area contributed by atoms with Gasteiger partial charge in [-0.2, -0.15) is 0 Å². The smallest absolute Gasteiger partial charge is 0.304 e. The van der Waals surface area contributed by atoms with Gasteiger partial charge in [-0.25, -0.2) is 8.78 Å². The summed E-state index contributed by atoms with van der Waals surface area (Å²) >= 11 is 0. The molecule has 0 aliphatic carbocycles. The lowest BCUT2D eigenvalue weighted by Crippen LogP contribution is -2.23. The highest BCUT2D eigenvalue weighted by atomic mass is 19.1. The maximum absolute atomic E-state index is 13.2. The van der Waals surface area contributed by atoms with Gasteiger partial charge < -0.3 is 10.4 Å². The van der Waals surface area contributed by atoms with Crippen LogP contribution in [0.4, 0.5) is 14.5 Å². The van der Waals surface area contributed by atoms with Gasteiger partial charge in [0.2, 0.25) is 5.91 Å². The van der Waals surface area contributed by atoms with Crippen molar-refractivity contribution in [2.75, 3.05) is 5.32 Å². The molecular weight excluding hydrogens is 232 g/mol. The number of halogens is 2. The van der Waals surface area contributed by atoms with Gasteiger partial charge in [-0.3, -0.25) is 9.59 Å². The Morgan fingerprint density at radius 1 is 1.41 bits per heavy atom. The van der Waals surface area contributed by atoms with Crippen LogP contribution in [0.1, 0.15) is 13.3 Å². The summed E-state index contributed by atoms with van der Waals surface area (Å²) in [5.74, 6) is -4.09. The van der Waals surface area contributed by atoms with Crippen LogP contribution in [0.5, 0.6) is 0 Å². The van der Waals surface area contributed by atoms with Crippen molar-refractivity contribution in [3.05, 3.63) is 29.8 Å². The predicted octanol–water partition coefficient (Wildman–Crippen LogP) is 2.01. The van der Waals surface area contributed by atoms with Crippen LogP contribution in [-0.4, -0.2) is 17.0 Å². The topological polar surface area (TPSA) is 66.4 Å². The Morgan fingerprint density at radius 3 is 2.65 bits per heavy atom. The zero-order valence-corrected chi connectivity index (χ0v) is 9.04. The third-order valence-corrected chi connectivity index (χ3v) is 2.11. The van der Waals surface area contributed by atoms with Gasteiger partial charge in [-0.15, -0.1) is 0 Å². The van der Waals surface area contributed by atoms with Crippen molar-refractivity contribution >= 4 is 17.6 Å². The van der Waals surface area contributed by atoms with Crippen molar-refractivity contribution in [2.45, 2.75) is 13.3 Å². The van der Waals surface area contributed by atoms with Crippen LogP contribution in [0.15, 0.2) is 18.2 Å². The van der Waals surface area contributed by atoms with E-state index < -0.39 is 29.4 Å². The molecule has 0 heterocycles. The lowest BCUT2D eigenvalue weighted by molar-refractivity contribution is -0.139. The van der Waals surface area contributed by atoms with E-state index in [4.69, 9.17) is 5.11 Å². The van der Waals surface area contributed by atoms with Crippen molar-refractivity contribution in [3.63, 3.8) is 0 Å². The number of aliphatic carboxylic acids is 1. The molecule has 92 valence electrons. The first kappa shape index (κ1) is 13.1. The van der Waals surface area contributed by atoms with E-state index in [-0.39, 0.29) is 12.1 Å². The minimum Gasteiger partial charge on any atom is -0.481 e. The van der Waals surface area contributed by atoms with E-state index in [9.17, 15) is 18.4 Å². The second-order valence-corrected chi connectivity index (χ2v) is 3.61. The Hall–Kier alpha value is -1.98. The molecule has 1 unspecified atom stereocenters. The number of amides is 1. The van der Waals surface area contributed by atoms with Crippen molar-refractivity contribution in [1.82, 2.24) is 0 Å². The number of hydrogen-bond acceptors (Lipinski definition) is 2. The largest absolute Gasteiger partial charge is 0.481 e. The highest BCUT2D eigenvalue weighted by Gasteiger charge is 2.17. The maximum Gasteiger partial charge on any atom is 0.304 e. The quantitative estimate of drug-likeness (QED) is 0.850. The molecule has 0 aliphatic rings. The number of hydrogen-bond donors (Lipinski definition) is 2. The van der Waals surface area contributed by atoms with E-state index in [2.05, 4.69) is 5.32 Å². The monoisotopic (exact) mass is 243 g/mol. The third-order valence-electron chi connectivity index (χ3n) is 2.11. The Bertz CT molecular complexity index is 448. The molecule has 0 saturated carbocycles. The summed E-state index contributed by atoms with van der Waals surface area (Å²) < 4.78 is 26.0. The number of carboxylic acid groups (broad SMARTS) is 1. The first-order valence-electron chi connectivity index (χ1n) is 4.88. The fraction of sp³-hybridized carbons (Fsp3) is 0.273. The van der Waals surface area contributed by atoms with E-state index >= 15 is 0 Å². The van der Waals surface area contributed by atoms with E-state index in [0.29, 0.717) is 0 Å². The number of anilines is 1. The molecule has 0 aliphatic heterocycles. The summed E-state index contributed by atoms with van der Waals surface area (Å²) in [6.07, 6.45) is -0.372. The molecule has 1 amide bonds. The van der Waals surface area contributed by atoms with Crippen LogP contribution < -0.4 is 5.32 Å². The summed E-state index contributed by atoms with van der Waals surface area (Å²) in [6, 6.07) is 2.64. The Kier molecular flexibility index (Phi) is 4.14. The molecule has 0 radical (unpaired) electrons. The summed E-state index contributed by atoms with van der Waals surface area (Å²) in [7, 11) is 0. The van der Waals surface area contributed by atoms with E-state index in [0.717, 1.165) is 18.2 Å². The number of carbonyl (C=O) groups excluding carboxylic acids is 1. The molecule has 17 heavy (non-hydrogen) atoms. The van der Waals surface area contributed by atoms with Crippen LogP contribution in [0.3, 0.4) is 0 Å². The number of rotatable bonds is 4. The van der Waals surface area contributed by atoms with Crippen LogP contribution in [0.2, 0.25) is 0 Å². The summed E-state index contributed by atoms with van der Waals surface area (Å²) in [5, 5.41) is 10.6. The zero-order chi connectivity index (χ0) is 13.0. The number of benzene rings is 1. The summed E-state index contributed by atoms with van der Waals surface area (Å²) in [6.45, 7) is 1.39. The van der Waals surface area contributed by atoms with Crippen molar-refractivity contribution in [3.8, 4) is 0 Å². The summed E-state index contributed by atoms with van der Waals surface area (Å²) in [4.78, 5) is 21.8. The van der Waals surface area contributed by atoms with E-state index in [1.165, 1.54) is 6.92 Å². The van der Waals surface area contributed by atoms with Gasteiger partial charge in [0, 0.05) is 12.0 Å². The first-order chi connectivity index (χ1) is 7.90. The van der Waals surface area contributed by atoms with Crippen LogP contribution in [0.25, 0.3) is 0 Å². The standard InChI is InChI=1S/C11H11F2NO3/c1-6(4-10(15)16)11(17)14-9-5-7(12)2-3-8(9)13/h2-3,5-6H,4H2,1H3,(H,14,17)(H,15,16). The molecule has 0 fully saturated rings. The Labute approximate surface area is 96.3 Å². The van der Waals surface area contributed by atoms with Gasteiger partial charge >= 0.3 is 5.97 Å². The lowest BCUT2D eigenvalue weighted by atomic mass is 10.1. The number of carbonyl (C=O) groups is 2. The second kappa shape index (κ2) is 5.38. The molecule has 4 nitrogen and oxygen atoms in total. The summed E-state index contributed by atoms with van der Waals surface area (Å²) in [5.41, 5.74) is -0.299. The maximum atomic E-state index is 13.2. The molecule has 0 saturated heterocycles. The fourth-order valence-electron chi connectivity index (χ4n) is 1.20. The van der Waals surface area contributed by atoms with Gasteiger partial charge in [0.05, 0.1) is 12.1 Å². The molecule has 0 spiro atoms. The molecule has 0 aromatic heterocycles. The minimum absolute atomic E-state index is 0.299. The molecule has 0 bridgehead atoms. The second-order valence-electron chi connectivity index (χ2n) is 3.61. The van der Waals surface area contributed by atoms with Crippen molar-refractivity contribution in [2.24, 2.45) is 5.92 Å². The van der Waals surface area contributed by atoms with Gasteiger partial charge in [0.25, 0.3) is 0 Å². The Morgan fingerprint density at radius 2 is 2.06 bits per heavy atom. The van der Waals surface area contributed by atoms with Gasteiger partial charge in [-0.1, -0.05) is 6.92 Å². The third kappa shape index (κ3) is 3.82. The lowest BCUT2D eigenvalue weighted by Gasteiger charge is -2.10. The molecule has 1 atom stereocenters. The van der Waals surface area contributed by atoms with Gasteiger partial charge in [-0.05, 0) is 12.1 Å². The predicted molar refractivity (Wildman–Crippen MR) is 56.4 cm³/mol. The molecule has 2 N–H and O–H groups in total. The molecule has 6 heteroatoms.